The molecule has 0 spiro atoms. The van der Waals surface area contributed by atoms with Crippen molar-refractivity contribution in [1.29, 1.82) is 0 Å². The smallest absolute Gasteiger partial charge is 0.352 e. The second kappa shape index (κ2) is 7.03. The van der Waals surface area contributed by atoms with E-state index < -0.39 is 17.4 Å². The number of benzene rings is 1. The highest BCUT2D eigenvalue weighted by atomic mass is 19.3. The number of ether oxygens (including phenoxy) is 1. The molecule has 0 atom stereocenters. The van der Waals surface area contributed by atoms with E-state index in [9.17, 15) is 18.7 Å². The molecule has 5 nitrogen and oxygen atoms in total. The molecule has 1 aromatic rings. The van der Waals surface area contributed by atoms with Crippen LogP contribution in [0.2, 0.25) is 0 Å². The molecule has 0 heterocycles. The Kier molecular flexibility index (Phi) is 5.45. The number of likely N-dealkylation sites (N-methyl/N-ethyl adjacent to an activating group) is 1. The average Bonchev–Trinajstić information content (AvgIpc) is 2.46. The average molecular weight is 342 g/mol. The lowest BCUT2D eigenvalue weighted by Gasteiger charge is -2.41. The maximum absolute atomic E-state index is 14.2. The molecule has 2 N–H and O–H groups in total. The fourth-order valence-corrected chi connectivity index (χ4v) is 2.43. The summed E-state index contributed by atoms with van der Waals surface area (Å²) in [5, 5.41) is 12.1. The zero-order chi connectivity index (χ0) is 18.0. The van der Waals surface area contributed by atoms with Gasteiger partial charge >= 0.3 is 5.92 Å². The first kappa shape index (κ1) is 18.6. The van der Waals surface area contributed by atoms with Crippen molar-refractivity contribution in [3.8, 4) is 5.75 Å². The Morgan fingerprint density at radius 3 is 2.62 bits per heavy atom. The minimum absolute atomic E-state index is 0.0759. The normalized spacial score (nSPS) is 16.6. The monoisotopic (exact) mass is 342 g/mol. The molecular weight excluding hydrogens is 318 g/mol. The van der Waals surface area contributed by atoms with Gasteiger partial charge in [-0.25, -0.2) is 0 Å². The topological polar surface area (TPSA) is 61.8 Å². The molecule has 1 saturated carbocycles. The maximum atomic E-state index is 14.2. The number of anilines is 1. The Labute approximate surface area is 140 Å². The second-order valence-electron chi connectivity index (χ2n) is 6.57. The van der Waals surface area contributed by atoms with Crippen LogP contribution in [0.25, 0.3) is 0 Å². The molecule has 1 aliphatic carbocycles. The first-order chi connectivity index (χ1) is 11.2. The number of alkyl halides is 2. The number of nitrogens with zero attached hydrogens (tertiary/aromatic N) is 1. The molecular formula is C17H24F2N2O3. The third kappa shape index (κ3) is 3.84. The first-order valence-electron chi connectivity index (χ1n) is 7.95. The predicted octanol–water partition coefficient (Wildman–Crippen LogP) is 2.42. The van der Waals surface area contributed by atoms with E-state index in [4.69, 9.17) is 4.74 Å². The minimum Gasteiger partial charge on any atom is -0.490 e. The Hall–Kier alpha value is -1.73. The maximum Gasteiger partial charge on any atom is 0.352 e. The van der Waals surface area contributed by atoms with E-state index in [-0.39, 0.29) is 18.5 Å². The molecule has 1 aromatic carbocycles. The number of carbonyl (C=O) groups is 1. The van der Waals surface area contributed by atoms with E-state index >= 15 is 0 Å². The van der Waals surface area contributed by atoms with Crippen molar-refractivity contribution >= 4 is 11.6 Å². The fraction of sp³-hybridized carbons (Fsp3) is 0.588. The lowest BCUT2D eigenvalue weighted by molar-refractivity contribution is -0.212. The van der Waals surface area contributed by atoms with Crippen molar-refractivity contribution < 1.29 is 23.4 Å². The second-order valence-corrected chi connectivity index (χ2v) is 6.57. The number of nitrogens with one attached hydrogen (secondary N) is 1. The van der Waals surface area contributed by atoms with E-state index in [0.717, 1.165) is 5.56 Å². The molecule has 0 aromatic heterocycles. The van der Waals surface area contributed by atoms with Gasteiger partial charge in [0.05, 0.1) is 5.69 Å². The standard InChI is InChI=1S/C17H24F2N2O3/c1-12-5-6-13(14(11-12)24-10-9-21(2)3)20-15(22)17(18,19)16(23)7-4-8-16/h5-6,11,23H,4,7-10H2,1-3H3,(H,20,22). The van der Waals surface area contributed by atoms with Gasteiger partial charge in [-0.1, -0.05) is 6.07 Å². The molecule has 0 bridgehead atoms. The molecule has 1 aliphatic rings. The van der Waals surface area contributed by atoms with Crippen LogP contribution in [-0.4, -0.2) is 54.7 Å². The minimum atomic E-state index is -3.84. The van der Waals surface area contributed by atoms with Gasteiger partial charge in [-0.3, -0.25) is 4.79 Å². The zero-order valence-electron chi connectivity index (χ0n) is 14.2. The number of halogens is 2. The van der Waals surface area contributed by atoms with E-state index in [0.29, 0.717) is 25.3 Å². The van der Waals surface area contributed by atoms with Crippen molar-refractivity contribution in [2.24, 2.45) is 0 Å². The molecule has 0 unspecified atom stereocenters. The number of rotatable bonds is 7. The summed E-state index contributed by atoms with van der Waals surface area (Å²) in [5.74, 6) is -5.01. The molecule has 0 aliphatic heterocycles. The molecule has 2 rings (SSSR count). The van der Waals surface area contributed by atoms with Crippen LogP contribution in [0.1, 0.15) is 24.8 Å². The van der Waals surface area contributed by atoms with E-state index in [1.165, 1.54) is 6.07 Å². The van der Waals surface area contributed by atoms with Crippen molar-refractivity contribution in [2.75, 3.05) is 32.6 Å². The first-order valence-corrected chi connectivity index (χ1v) is 7.95. The zero-order valence-corrected chi connectivity index (χ0v) is 14.2. The summed E-state index contributed by atoms with van der Waals surface area (Å²) in [4.78, 5) is 13.9. The van der Waals surface area contributed by atoms with Crippen LogP contribution in [-0.2, 0) is 4.79 Å². The Morgan fingerprint density at radius 1 is 1.42 bits per heavy atom. The lowest BCUT2D eigenvalue weighted by atomic mass is 9.75. The molecule has 24 heavy (non-hydrogen) atoms. The molecule has 0 saturated heterocycles. The van der Waals surface area contributed by atoms with Crippen LogP contribution >= 0.6 is 0 Å². The third-order valence-corrected chi connectivity index (χ3v) is 4.23. The van der Waals surface area contributed by atoms with Crippen molar-refractivity contribution in [3.63, 3.8) is 0 Å². The van der Waals surface area contributed by atoms with Gasteiger partial charge in [-0.05, 0) is 58.0 Å². The van der Waals surface area contributed by atoms with E-state index in [2.05, 4.69) is 5.32 Å². The van der Waals surface area contributed by atoms with Gasteiger partial charge in [0, 0.05) is 6.54 Å². The molecule has 134 valence electrons. The summed E-state index contributed by atoms with van der Waals surface area (Å²) >= 11 is 0. The molecule has 1 amide bonds. The van der Waals surface area contributed by atoms with Crippen LogP contribution in [0.5, 0.6) is 5.75 Å². The quantitative estimate of drug-likeness (QED) is 0.799. The Balaban J connectivity index is 2.12. The van der Waals surface area contributed by atoms with Crippen molar-refractivity contribution in [2.45, 2.75) is 37.7 Å². The number of hydrogen-bond acceptors (Lipinski definition) is 4. The largest absolute Gasteiger partial charge is 0.490 e. The predicted molar refractivity (Wildman–Crippen MR) is 87.6 cm³/mol. The van der Waals surface area contributed by atoms with Crippen molar-refractivity contribution in [3.05, 3.63) is 23.8 Å². The van der Waals surface area contributed by atoms with Gasteiger partial charge < -0.3 is 20.1 Å². The number of carbonyl (C=O) groups excluding carboxylic acids is 1. The summed E-state index contributed by atoms with van der Waals surface area (Å²) in [7, 11) is 3.78. The summed E-state index contributed by atoms with van der Waals surface area (Å²) < 4.78 is 34.0. The fourth-order valence-electron chi connectivity index (χ4n) is 2.43. The van der Waals surface area contributed by atoms with Gasteiger partial charge in [0.1, 0.15) is 18.0 Å². The van der Waals surface area contributed by atoms with Gasteiger partial charge in [0.2, 0.25) is 0 Å². The van der Waals surface area contributed by atoms with E-state index in [1.54, 1.807) is 12.1 Å². The molecule has 1 fully saturated rings. The summed E-state index contributed by atoms with van der Waals surface area (Å²) in [5.41, 5.74) is -1.18. The van der Waals surface area contributed by atoms with E-state index in [1.807, 2.05) is 25.9 Å². The highest BCUT2D eigenvalue weighted by Gasteiger charge is 2.61. The van der Waals surface area contributed by atoms with Crippen molar-refractivity contribution in [1.82, 2.24) is 4.90 Å². The number of hydrogen-bond donors (Lipinski definition) is 2. The third-order valence-electron chi connectivity index (χ3n) is 4.23. The van der Waals surface area contributed by atoms with Gasteiger partial charge in [0.15, 0.2) is 0 Å². The number of amides is 1. The SMILES string of the molecule is Cc1ccc(NC(=O)C(F)(F)C2(O)CCC2)c(OCCN(C)C)c1. The molecule has 0 radical (unpaired) electrons. The molecule has 7 heteroatoms. The van der Waals surface area contributed by atoms with Crippen LogP contribution in [0, 0.1) is 6.92 Å². The highest BCUT2D eigenvalue weighted by molar-refractivity contribution is 5.98. The highest BCUT2D eigenvalue weighted by Crippen LogP contribution is 2.45. The summed E-state index contributed by atoms with van der Waals surface area (Å²) in [6.07, 6.45) is 0.337. The summed E-state index contributed by atoms with van der Waals surface area (Å²) in [6, 6.07) is 4.91. The van der Waals surface area contributed by atoms with Crippen LogP contribution in [0.3, 0.4) is 0 Å². The Morgan fingerprint density at radius 2 is 2.08 bits per heavy atom. The number of aryl methyl sites for hydroxylation is 1. The Bertz CT molecular complexity index is 601. The van der Waals surface area contributed by atoms with Crippen LogP contribution in [0.15, 0.2) is 18.2 Å². The lowest BCUT2D eigenvalue weighted by Crippen LogP contribution is -2.59. The number of aliphatic hydroxyl groups is 1. The van der Waals surface area contributed by atoms with Gasteiger partial charge in [-0.2, -0.15) is 8.78 Å². The van der Waals surface area contributed by atoms with Crippen LogP contribution < -0.4 is 10.1 Å². The van der Waals surface area contributed by atoms with Gasteiger partial charge in [-0.15, -0.1) is 0 Å². The van der Waals surface area contributed by atoms with Crippen LogP contribution in [0.4, 0.5) is 14.5 Å². The van der Waals surface area contributed by atoms with Gasteiger partial charge in [0.25, 0.3) is 5.91 Å². The summed E-state index contributed by atoms with van der Waals surface area (Å²) in [6.45, 7) is 2.85.